The first-order chi connectivity index (χ1) is 5.68. The van der Waals surface area contributed by atoms with E-state index in [4.69, 9.17) is 4.74 Å². The van der Waals surface area contributed by atoms with Gasteiger partial charge in [-0.1, -0.05) is 0 Å². The first-order valence-electron chi connectivity index (χ1n) is 4.74. The van der Waals surface area contributed by atoms with Gasteiger partial charge in [-0.3, -0.25) is 0 Å². The van der Waals surface area contributed by atoms with Crippen LogP contribution in [0.25, 0.3) is 0 Å². The van der Waals surface area contributed by atoms with Crippen LogP contribution in [0.15, 0.2) is 0 Å². The van der Waals surface area contributed by atoms with E-state index in [1.54, 1.807) is 0 Å². The van der Waals surface area contributed by atoms with Crippen molar-refractivity contribution in [2.24, 2.45) is 0 Å². The Morgan fingerprint density at radius 1 is 1.33 bits per heavy atom. The molecule has 12 heavy (non-hydrogen) atoms. The number of hydrogen-bond acceptors (Lipinski definition) is 3. The largest absolute Gasteiger partial charge is 0.364 e. The minimum Gasteiger partial charge on any atom is -0.364 e. The van der Waals surface area contributed by atoms with Gasteiger partial charge in [-0.2, -0.15) is 0 Å². The molecule has 2 nitrogen and oxygen atoms in total. The van der Waals surface area contributed by atoms with E-state index in [0.717, 1.165) is 6.54 Å². The van der Waals surface area contributed by atoms with E-state index >= 15 is 0 Å². The fourth-order valence-corrected chi connectivity index (χ4v) is 1.92. The van der Waals surface area contributed by atoms with E-state index in [-0.39, 0.29) is 5.44 Å². The van der Waals surface area contributed by atoms with Gasteiger partial charge in [0.15, 0.2) is 0 Å². The van der Waals surface area contributed by atoms with E-state index in [1.807, 2.05) is 6.92 Å². The van der Waals surface area contributed by atoms with Gasteiger partial charge in [0.05, 0.1) is 11.5 Å². The smallest absolute Gasteiger partial charge is 0.0975 e. The minimum atomic E-state index is 0.0580. The summed E-state index contributed by atoms with van der Waals surface area (Å²) < 4.78 is 5.53. The third kappa shape index (κ3) is 3.78. The predicted octanol–water partition coefficient (Wildman–Crippen LogP) is 1.76. The second kappa shape index (κ2) is 5.10. The molecule has 0 aromatic rings. The Morgan fingerprint density at radius 2 is 1.92 bits per heavy atom. The van der Waals surface area contributed by atoms with Crippen molar-refractivity contribution in [3.05, 3.63) is 0 Å². The van der Waals surface area contributed by atoms with Crippen LogP contribution < -0.4 is 0 Å². The quantitative estimate of drug-likeness (QED) is 0.534. The van der Waals surface area contributed by atoms with Gasteiger partial charge in [0.25, 0.3) is 0 Å². The standard InChI is InChI=1S/C9H19NOS/c1-8(11-9(2)12)7-10-5-3-4-6-10/h8-9,12H,3-7H2,1-2H3. The van der Waals surface area contributed by atoms with Crippen molar-refractivity contribution < 1.29 is 4.74 Å². The lowest BCUT2D eigenvalue weighted by Crippen LogP contribution is -2.31. The summed E-state index contributed by atoms with van der Waals surface area (Å²) in [6.07, 6.45) is 3.02. The molecule has 0 aromatic heterocycles. The first kappa shape index (κ1) is 10.4. The zero-order valence-corrected chi connectivity index (χ0v) is 8.89. The fraction of sp³-hybridized carbons (Fsp3) is 1.00. The molecule has 3 heteroatoms. The average molecular weight is 189 g/mol. The third-order valence-electron chi connectivity index (χ3n) is 2.14. The Kier molecular flexibility index (Phi) is 4.40. The summed E-state index contributed by atoms with van der Waals surface area (Å²) in [5.74, 6) is 0. The molecule has 1 heterocycles. The monoisotopic (exact) mass is 189 g/mol. The van der Waals surface area contributed by atoms with Crippen LogP contribution in [0.4, 0.5) is 0 Å². The Labute approximate surface area is 80.7 Å². The highest BCUT2D eigenvalue weighted by molar-refractivity contribution is 7.80. The van der Waals surface area contributed by atoms with E-state index in [1.165, 1.54) is 25.9 Å². The number of hydrogen-bond donors (Lipinski definition) is 1. The van der Waals surface area contributed by atoms with Gasteiger partial charge < -0.3 is 9.64 Å². The highest BCUT2D eigenvalue weighted by Gasteiger charge is 2.15. The van der Waals surface area contributed by atoms with Crippen LogP contribution in [0, 0.1) is 0 Å². The average Bonchev–Trinajstić information content (AvgIpc) is 2.37. The van der Waals surface area contributed by atoms with E-state index in [9.17, 15) is 0 Å². The van der Waals surface area contributed by atoms with Crippen LogP contribution in [0.5, 0.6) is 0 Å². The third-order valence-corrected chi connectivity index (χ3v) is 2.26. The summed E-state index contributed by atoms with van der Waals surface area (Å²) >= 11 is 4.19. The van der Waals surface area contributed by atoms with Crippen LogP contribution in [0.3, 0.4) is 0 Å². The van der Waals surface area contributed by atoms with Crippen molar-refractivity contribution in [1.82, 2.24) is 4.90 Å². The van der Waals surface area contributed by atoms with Crippen molar-refractivity contribution in [1.29, 1.82) is 0 Å². The molecule has 0 spiro atoms. The minimum absolute atomic E-state index is 0.0580. The van der Waals surface area contributed by atoms with Gasteiger partial charge in [0.2, 0.25) is 0 Å². The van der Waals surface area contributed by atoms with Gasteiger partial charge in [0, 0.05) is 6.54 Å². The second-order valence-corrected chi connectivity index (χ2v) is 4.28. The summed E-state index contributed by atoms with van der Waals surface area (Å²) in [7, 11) is 0. The second-order valence-electron chi connectivity index (χ2n) is 3.55. The zero-order chi connectivity index (χ0) is 8.97. The molecule has 0 radical (unpaired) electrons. The summed E-state index contributed by atoms with van der Waals surface area (Å²) in [6, 6.07) is 0. The molecule has 2 atom stereocenters. The van der Waals surface area contributed by atoms with Crippen molar-refractivity contribution in [2.45, 2.75) is 38.2 Å². The molecule has 72 valence electrons. The maximum absolute atomic E-state index is 5.53. The molecule has 1 aliphatic rings. The van der Waals surface area contributed by atoms with Crippen molar-refractivity contribution in [2.75, 3.05) is 19.6 Å². The first-order valence-corrected chi connectivity index (χ1v) is 5.26. The molecule has 0 aromatic carbocycles. The van der Waals surface area contributed by atoms with E-state index in [0.29, 0.717) is 6.10 Å². The molecule has 1 fully saturated rings. The fourth-order valence-electron chi connectivity index (χ4n) is 1.71. The number of likely N-dealkylation sites (tertiary alicyclic amines) is 1. The topological polar surface area (TPSA) is 12.5 Å². The lowest BCUT2D eigenvalue weighted by Gasteiger charge is -2.21. The molecule has 0 aliphatic carbocycles. The molecule has 2 unspecified atom stereocenters. The van der Waals surface area contributed by atoms with Crippen LogP contribution in [-0.2, 0) is 4.74 Å². The normalized spacial score (nSPS) is 24.2. The molecule has 0 amide bonds. The van der Waals surface area contributed by atoms with Crippen molar-refractivity contribution >= 4 is 12.6 Å². The van der Waals surface area contributed by atoms with E-state index < -0.39 is 0 Å². The summed E-state index contributed by atoms with van der Waals surface area (Å²) in [6.45, 7) is 7.63. The molecular weight excluding hydrogens is 170 g/mol. The zero-order valence-electron chi connectivity index (χ0n) is 7.99. The number of rotatable bonds is 4. The summed E-state index contributed by atoms with van der Waals surface area (Å²) in [4.78, 5) is 2.46. The van der Waals surface area contributed by atoms with Gasteiger partial charge in [0.1, 0.15) is 0 Å². The van der Waals surface area contributed by atoms with Gasteiger partial charge in [-0.05, 0) is 39.8 Å². The van der Waals surface area contributed by atoms with Crippen LogP contribution in [0.2, 0.25) is 0 Å². The predicted molar refractivity (Wildman–Crippen MR) is 54.7 cm³/mol. The van der Waals surface area contributed by atoms with Crippen molar-refractivity contribution in [3.63, 3.8) is 0 Å². The molecule has 0 N–H and O–H groups in total. The molecule has 1 rings (SSSR count). The Hall–Kier alpha value is 0.270. The summed E-state index contributed by atoms with van der Waals surface area (Å²) in [5.41, 5.74) is 0.0580. The van der Waals surface area contributed by atoms with Gasteiger partial charge in [-0.25, -0.2) is 0 Å². The van der Waals surface area contributed by atoms with Gasteiger partial charge >= 0.3 is 0 Å². The number of thiol groups is 1. The molecular formula is C9H19NOS. The van der Waals surface area contributed by atoms with Crippen LogP contribution >= 0.6 is 12.6 Å². The van der Waals surface area contributed by atoms with Gasteiger partial charge in [-0.15, -0.1) is 12.6 Å². The maximum Gasteiger partial charge on any atom is 0.0975 e. The molecule has 0 saturated carbocycles. The number of nitrogens with zero attached hydrogens (tertiary/aromatic N) is 1. The molecule has 0 bridgehead atoms. The van der Waals surface area contributed by atoms with Crippen molar-refractivity contribution in [3.8, 4) is 0 Å². The Morgan fingerprint density at radius 3 is 2.42 bits per heavy atom. The Balaban J connectivity index is 2.11. The maximum atomic E-state index is 5.53. The van der Waals surface area contributed by atoms with Crippen LogP contribution in [-0.4, -0.2) is 36.1 Å². The van der Waals surface area contributed by atoms with E-state index in [2.05, 4.69) is 24.5 Å². The highest BCUT2D eigenvalue weighted by atomic mass is 32.1. The number of ether oxygens (including phenoxy) is 1. The lowest BCUT2D eigenvalue weighted by atomic mass is 10.4. The van der Waals surface area contributed by atoms with Crippen LogP contribution in [0.1, 0.15) is 26.7 Å². The molecule has 1 aliphatic heterocycles. The molecule has 1 saturated heterocycles. The summed E-state index contributed by atoms with van der Waals surface area (Å²) in [5, 5.41) is 0. The SMILES string of the molecule is CC(S)OC(C)CN1CCCC1. The Bertz CT molecular complexity index is 124. The highest BCUT2D eigenvalue weighted by Crippen LogP contribution is 2.10. The lowest BCUT2D eigenvalue weighted by molar-refractivity contribution is 0.0356.